The van der Waals surface area contributed by atoms with Crippen LogP contribution in [0.1, 0.15) is 23.6 Å². The summed E-state index contributed by atoms with van der Waals surface area (Å²) >= 11 is 0. The zero-order valence-electron chi connectivity index (χ0n) is 8.88. The van der Waals surface area contributed by atoms with E-state index >= 15 is 0 Å². The molecule has 0 aromatic heterocycles. The molecule has 1 rings (SSSR count). The molecule has 0 saturated carbocycles. The van der Waals surface area contributed by atoms with Gasteiger partial charge in [-0.05, 0) is 25.0 Å². The Hall–Kier alpha value is -1.56. The molecule has 0 heteroatoms. The van der Waals surface area contributed by atoms with E-state index in [1.54, 1.807) is 0 Å². The van der Waals surface area contributed by atoms with Crippen LogP contribution in [0.4, 0.5) is 0 Å². The van der Waals surface area contributed by atoms with Gasteiger partial charge in [0.25, 0.3) is 0 Å². The van der Waals surface area contributed by atoms with Crippen molar-refractivity contribution in [3.8, 4) is 0 Å². The van der Waals surface area contributed by atoms with E-state index in [9.17, 15) is 0 Å². The van der Waals surface area contributed by atoms with E-state index in [0.717, 1.165) is 5.57 Å². The highest BCUT2D eigenvalue weighted by molar-refractivity contribution is 5.67. The number of benzene rings is 1. The van der Waals surface area contributed by atoms with Crippen LogP contribution >= 0.6 is 0 Å². The third-order valence-electron chi connectivity index (χ3n) is 2.17. The topological polar surface area (TPSA) is 0 Å². The van der Waals surface area contributed by atoms with E-state index < -0.39 is 0 Å². The van der Waals surface area contributed by atoms with E-state index in [2.05, 4.69) is 44.4 Å². The van der Waals surface area contributed by atoms with Gasteiger partial charge in [0.1, 0.15) is 0 Å². The summed E-state index contributed by atoms with van der Waals surface area (Å²) in [5.74, 6) is 0. The molecule has 0 radical (unpaired) electrons. The summed E-state index contributed by atoms with van der Waals surface area (Å²) in [4.78, 5) is 0. The van der Waals surface area contributed by atoms with Gasteiger partial charge in [-0.15, -0.1) is 0 Å². The minimum absolute atomic E-state index is 1.16. The van der Waals surface area contributed by atoms with Gasteiger partial charge in [0, 0.05) is 0 Å². The molecule has 0 aliphatic carbocycles. The first-order chi connectivity index (χ1) is 6.67. The Morgan fingerprint density at radius 2 is 1.93 bits per heavy atom. The van der Waals surface area contributed by atoms with Crippen molar-refractivity contribution < 1.29 is 0 Å². The molecule has 0 fully saturated rings. The van der Waals surface area contributed by atoms with Gasteiger partial charge < -0.3 is 0 Å². The van der Waals surface area contributed by atoms with Crippen molar-refractivity contribution in [2.75, 3.05) is 0 Å². The molecule has 0 aliphatic rings. The zero-order chi connectivity index (χ0) is 10.6. The maximum Gasteiger partial charge on any atom is -0.0181 e. The predicted molar refractivity (Wildman–Crippen MR) is 65.1 cm³/mol. The Morgan fingerprint density at radius 1 is 1.21 bits per heavy atom. The fourth-order valence-corrected chi connectivity index (χ4v) is 1.31. The predicted octanol–water partition coefficient (Wildman–Crippen LogP) is 4.23. The zero-order valence-corrected chi connectivity index (χ0v) is 8.88. The van der Waals surface area contributed by atoms with Crippen LogP contribution in [-0.4, -0.2) is 0 Å². The summed E-state index contributed by atoms with van der Waals surface area (Å²) in [5, 5.41) is 0. The molecule has 14 heavy (non-hydrogen) atoms. The van der Waals surface area contributed by atoms with Crippen LogP contribution in [0, 0.1) is 6.92 Å². The molecular formula is C14H16. The van der Waals surface area contributed by atoms with Crippen molar-refractivity contribution in [2.45, 2.75) is 13.8 Å². The summed E-state index contributed by atoms with van der Waals surface area (Å²) in [7, 11) is 0. The molecule has 0 atom stereocenters. The first-order valence-corrected chi connectivity index (χ1v) is 4.71. The van der Waals surface area contributed by atoms with Gasteiger partial charge in [-0.3, -0.25) is 0 Å². The third kappa shape index (κ3) is 2.46. The van der Waals surface area contributed by atoms with Gasteiger partial charge in [-0.1, -0.05) is 60.7 Å². The number of allylic oxidation sites excluding steroid dienone is 2. The maximum atomic E-state index is 3.81. The molecule has 0 heterocycles. The molecule has 72 valence electrons. The Morgan fingerprint density at radius 3 is 2.50 bits per heavy atom. The van der Waals surface area contributed by atoms with E-state index in [4.69, 9.17) is 0 Å². The average Bonchev–Trinajstić information content (AvgIpc) is 2.20. The minimum Gasteiger partial charge on any atom is -0.0988 e. The van der Waals surface area contributed by atoms with Crippen LogP contribution in [0.5, 0.6) is 0 Å². The van der Waals surface area contributed by atoms with Gasteiger partial charge in [0.05, 0.1) is 0 Å². The Bertz CT molecular complexity index is 381. The minimum atomic E-state index is 1.16. The van der Waals surface area contributed by atoms with Crippen LogP contribution in [0.15, 0.2) is 43.0 Å². The van der Waals surface area contributed by atoms with Crippen LogP contribution in [0.25, 0.3) is 12.2 Å². The molecule has 0 nitrogen and oxygen atoms in total. The SMILES string of the molecule is C=C/C(C)=C\c1ccc(C)cc1C=C. The fourth-order valence-electron chi connectivity index (χ4n) is 1.31. The molecule has 0 spiro atoms. The first-order valence-electron chi connectivity index (χ1n) is 4.71. The lowest BCUT2D eigenvalue weighted by Gasteiger charge is -2.03. The lowest BCUT2D eigenvalue weighted by molar-refractivity contribution is 1.44. The number of rotatable bonds is 3. The van der Waals surface area contributed by atoms with Crippen molar-refractivity contribution >= 4 is 12.2 Å². The smallest absolute Gasteiger partial charge is 0.0181 e. The second-order valence-corrected chi connectivity index (χ2v) is 3.43. The van der Waals surface area contributed by atoms with Crippen molar-refractivity contribution in [3.63, 3.8) is 0 Å². The molecule has 0 unspecified atom stereocenters. The second kappa shape index (κ2) is 4.61. The normalized spacial score (nSPS) is 11.1. The Kier molecular flexibility index (Phi) is 3.47. The lowest BCUT2D eigenvalue weighted by Crippen LogP contribution is -1.83. The highest BCUT2D eigenvalue weighted by atomic mass is 14.0. The van der Waals surface area contributed by atoms with Crippen molar-refractivity contribution in [1.29, 1.82) is 0 Å². The summed E-state index contributed by atoms with van der Waals surface area (Å²) in [5.41, 5.74) is 4.79. The molecule has 0 saturated heterocycles. The summed E-state index contributed by atoms with van der Waals surface area (Å²) in [6.07, 6.45) is 5.85. The van der Waals surface area contributed by atoms with Crippen molar-refractivity contribution in [2.24, 2.45) is 0 Å². The van der Waals surface area contributed by atoms with E-state index in [0.29, 0.717) is 0 Å². The molecule has 0 bridgehead atoms. The summed E-state index contributed by atoms with van der Waals surface area (Å²) < 4.78 is 0. The van der Waals surface area contributed by atoms with E-state index in [1.165, 1.54) is 16.7 Å². The highest BCUT2D eigenvalue weighted by Gasteiger charge is 1.96. The second-order valence-electron chi connectivity index (χ2n) is 3.43. The molecule has 1 aromatic rings. The maximum absolute atomic E-state index is 3.81. The molecule has 0 N–H and O–H groups in total. The van der Waals surface area contributed by atoms with Gasteiger partial charge in [0.2, 0.25) is 0 Å². The van der Waals surface area contributed by atoms with E-state index in [-0.39, 0.29) is 0 Å². The standard InChI is InChI=1S/C14H16/c1-5-11(3)9-14-8-7-12(4)10-13(14)6-2/h5-10H,1-2H2,3-4H3/b11-9-. The van der Waals surface area contributed by atoms with Crippen LogP contribution < -0.4 is 0 Å². The molecule has 1 aromatic carbocycles. The third-order valence-corrected chi connectivity index (χ3v) is 2.17. The first kappa shape index (κ1) is 10.5. The van der Waals surface area contributed by atoms with Crippen LogP contribution in [0.3, 0.4) is 0 Å². The lowest BCUT2D eigenvalue weighted by atomic mass is 10.0. The number of hydrogen-bond acceptors (Lipinski definition) is 0. The molecule has 0 aliphatic heterocycles. The monoisotopic (exact) mass is 184 g/mol. The Balaban J connectivity index is 3.21. The average molecular weight is 184 g/mol. The van der Waals surface area contributed by atoms with E-state index in [1.807, 2.05) is 19.1 Å². The van der Waals surface area contributed by atoms with Gasteiger partial charge >= 0.3 is 0 Å². The van der Waals surface area contributed by atoms with Gasteiger partial charge in [-0.2, -0.15) is 0 Å². The number of hydrogen-bond donors (Lipinski definition) is 0. The highest BCUT2D eigenvalue weighted by Crippen LogP contribution is 2.16. The van der Waals surface area contributed by atoms with Crippen LogP contribution in [0.2, 0.25) is 0 Å². The number of aryl methyl sites for hydroxylation is 1. The van der Waals surface area contributed by atoms with Gasteiger partial charge in [-0.25, -0.2) is 0 Å². The Labute approximate surface area is 86.3 Å². The fraction of sp³-hybridized carbons (Fsp3) is 0.143. The quantitative estimate of drug-likeness (QED) is 0.617. The largest absolute Gasteiger partial charge is 0.0988 e. The molecule has 0 amide bonds. The van der Waals surface area contributed by atoms with Gasteiger partial charge in [0.15, 0.2) is 0 Å². The molecular weight excluding hydrogens is 168 g/mol. The van der Waals surface area contributed by atoms with Crippen molar-refractivity contribution in [3.05, 3.63) is 59.7 Å². The van der Waals surface area contributed by atoms with Crippen molar-refractivity contribution in [1.82, 2.24) is 0 Å². The van der Waals surface area contributed by atoms with Crippen LogP contribution in [-0.2, 0) is 0 Å². The summed E-state index contributed by atoms with van der Waals surface area (Å²) in [6, 6.07) is 6.35. The summed E-state index contributed by atoms with van der Waals surface area (Å²) in [6.45, 7) is 11.7.